The summed E-state index contributed by atoms with van der Waals surface area (Å²) in [4.78, 5) is 23.8. The zero-order valence-electron chi connectivity index (χ0n) is 19.3. The van der Waals surface area contributed by atoms with Gasteiger partial charge in [0.2, 0.25) is 0 Å². The van der Waals surface area contributed by atoms with E-state index in [0.29, 0.717) is 39.3 Å². The molecule has 0 radical (unpaired) electrons. The number of anilines is 1. The third kappa shape index (κ3) is 6.46. The maximum atomic E-state index is 13.7. The van der Waals surface area contributed by atoms with Crippen molar-refractivity contribution in [1.29, 1.82) is 0 Å². The summed E-state index contributed by atoms with van der Waals surface area (Å²) < 4.78 is 50.8. The van der Waals surface area contributed by atoms with Gasteiger partial charge in [0, 0.05) is 16.8 Å². The molecule has 37 heavy (non-hydrogen) atoms. The van der Waals surface area contributed by atoms with Crippen LogP contribution in [0.4, 0.5) is 23.7 Å². The van der Waals surface area contributed by atoms with Gasteiger partial charge in [-0.3, -0.25) is 4.79 Å². The molecule has 4 rings (SSSR count). The molecular weight excluding hydrogens is 485 g/mol. The highest BCUT2D eigenvalue weighted by Crippen LogP contribution is 2.32. The zero-order chi connectivity index (χ0) is 26.4. The van der Waals surface area contributed by atoms with Crippen molar-refractivity contribution in [3.63, 3.8) is 0 Å². The second kappa shape index (κ2) is 11.3. The average molecular weight is 506 g/mol. The van der Waals surface area contributed by atoms with Crippen molar-refractivity contribution in [2.24, 2.45) is 5.73 Å². The van der Waals surface area contributed by atoms with Gasteiger partial charge in [-0.25, -0.2) is 18.0 Å². The smallest absolute Gasteiger partial charge is 0.404 e. The Morgan fingerprint density at radius 1 is 0.757 bits per heavy atom. The summed E-state index contributed by atoms with van der Waals surface area (Å²) in [6.45, 7) is -0.0613. The Kier molecular flexibility index (Phi) is 7.73. The van der Waals surface area contributed by atoms with Crippen LogP contribution in [0.15, 0.2) is 84.9 Å². The Bertz CT molecular complexity index is 1440. The third-order valence-electron chi connectivity index (χ3n) is 5.36. The molecule has 0 aliphatic carbocycles. The number of rotatable bonds is 8. The molecule has 0 aliphatic rings. The molecule has 0 spiro atoms. The topological polar surface area (TPSA) is 90.7 Å². The van der Waals surface area contributed by atoms with Crippen LogP contribution in [0.3, 0.4) is 0 Å². The van der Waals surface area contributed by atoms with E-state index >= 15 is 0 Å². The summed E-state index contributed by atoms with van der Waals surface area (Å²) >= 11 is 0. The van der Waals surface area contributed by atoms with Crippen molar-refractivity contribution in [3.8, 4) is 28.0 Å². The van der Waals surface area contributed by atoms with Crippen LogP contribution < -0.4 is 15.8 Å². The van der Waals surface area contributed by atoms with Gasteiger partial charge < -0.3 is 20.5 Å². The van der Waals surface area contributed by atoms with E-state index in [1.807, 2.05) is 0 Å². The minimum absolute atomic E-state index is 0.0133. The fraction of sp³-hybridized carbons (Fsp3) is 0.0714. The minimum atomic E-state index is -0.969. The van der Waals surface area contributed by atoms with Crippen LogP contribution >= 0.6 is 0 Å². The Balaban J connectivity index is 1.57. The molecule has 0 unspecified atom stereocenters. The van der Waals surface area contributed by atoms with Gasteiger partial charge in [0.25, 0.3) is 5.91 Å². The molecule has 0 fully saturated rings. The number of halogens is 3. The Morgan fingerprint density at radius 3 is 2.22 bits per heavy atom. The predicted molar refractivity (Wildman–Crippen MR) is 133 cm³/mol. The van der Waals surface area contributed by atoms with Gasteiger partial charge in [-0.15, -0.1) is 0 Å². The van der Waals surface area contributed by atoms with Crippen molar-refractivity contribution < 1.29 is 32.2 Å². The van der Waals surface area contributed by atoms with Crippen LogP contribution in [-0.2, 0) is 4.74 Å². The van der Waals surface area contributed by atoms with Gasteiger partial charge >= 0.3 is 6.09 Å². The second-order valence-electron chi connectivity index (χ2n) is 7.90. The fourth-order valence-corrected chi connectivity index (χ4v) is 3.60. The molecule has 188 valence electrons. The molecule has 0 saturated heterocycles. The lowest BCUT2D eigenvalue weighted by Gasteiger charge is -2.14. The molecule has 0 saturated carbocycles. The monoisotopic (exact) mass is 506 g/mol. The van der Waals surface area contributed by atoms with Gasteiger partial charge in [-0.1, -0.05) is 30.3 Å². The molecule has 2 amide bonds. The highest BCUT2D eigenvalue weighted by molar-refractivity contribution is 6.05. The summed E-state index contributed by atoms with van der Waals surface area (Å²) in [6.07, 6.45) is -0.928. The number of hydrogen-bond donors (Lipinski definition) is 2. The number of nitrogens with one attached hydrogen (secondary N) is 1. The predicted octanol–water partition coefficient (Wildman–Crippen LogP) is 6.16. The van der Waals surface area contributed by atoms with E-state index < -0.39 is 29.5 Å². The number of carbonyl (C=O) groups excluding carboxylic acids is 2. The normalized spacial score (nSPS) is 10.6. The molecule has 0 aliphatic heterocycles. The van der Waals surface area contributed by atoms with E-state index in [1.54, 1.807) is 54.6 Å². The van der Waals surface area contributed by atoms with E-state index in [2.05, 4.69) is 10.1 Å². The van der Waals surface area contributed by atoms with E-state index in [9.17, 15) is 22.8 Å². The number of hydrogen-bond acceptors (Lipinski definition) is 4. The standard InChI is InChI=1S/C28H21F3N2O4/c29-21-8-4-17(5-9-21)23-15-20(7-11-26(23)36-12-13-37-28(32)35)27(34)33-22-3-1-2-18(14-22)19-6-10-24(30)25(31)16-19/h1-11,14-16H,12-13H2,(H2,32,35)(H,33,34). The fourth-order valence-electron chi connectivity index (χ4n) is 3.60. The van der Waals surface area contributed by atoms with Crippen molar-refractivity contribution in [2.75, 3.05) is 18.5 Å². The summed E-state index contributed by atoms with van der Waals surface area (Å²) in [5.74, 6) is -2.39. The van der Waals surface area contributed by atoms with Crippen molar-refractivity contribution in [2.45, 2.75) is 0 Å². The highest BCUT2D eigenvalue weighted by Gasteiger charge is 2.14. The molecule has 6 nitrogen and oxygen atoms in total. The molecule has 3 N–H and O–H groups in total. The Morgan fingerprint density at radius 2 is 1.49 bits per heavy atom. The molecular formula is C28H21F3N2O4. The van der Waals surface area contributed by atoms with Crippen LogP contribution in [0, 0.1) is 17.5 Å². The van der Waals surface area contributed by atoms with E-state index in [0.717, 1.165) is 12.1 Å². The van der Waals surface area contributed by atoms with Gasteiger partial charge in [-0.05, 0) is 71.3 Å². The highest BCUT2D eigenvalue weighted by atomic mass is 19.2. The van der Waals surface area contributed by atoms with E-state index in [1.165, 1.54) is 18.2 Å². The minimum Gasteiger partial charge on any atom is -0.489 e. The van der Waals surface area contributed by atoms with Crippen LogP contribution in [-0.4, -0.2) is 25.2 Å². The molecule has 4 aromatic rings. The SMILES string of the molecule is NC(=O)OCCOc1ccc(C(=O)Nc2cccc(-c3ccc(F)c(F)c3)c2)cc1-c1ccc(F)cc1. The van der Waals surface area contributed by atoms with Gasteiger partial charge in [-0.2, -0.15) is 0 Å². The van der Waals surface area contributed by atoms with Crippen molar-refractivity contribution >= 4 is 17.7 Å². The first-order valence-corrected chi connectivity index (χ1v) is 11.1. The summed E-state index contributed by atoms with van der Waals surface area (Å²) in [6, 6.07) is 20.6. The first kappa shape index (κ1) is 25.3. The number of primary amides is 1. The lowest BCUT2D eigenvalue weighted by Crippen LogP contribution is -2.17. The molecule has 0 heterocycles. The Labute approximate surface area is 210 Å². The number of carbonyl (C=O) groups is 2. The molecule has 4 aromatic carbocycles. The van der Waals surface area contributed by atoms with Crippen molar-refractivity contribution in [1.82, 2.24) is 0 Å². The lowest BCUT2D eigenvalue weighted by molar-refractivity contribution is 0.102. The maximum absolute atomic E-state index is 13.7. The first-order chi connectivity index (χ1) is 17.8. The zero-order valence-corrected chi connectivity index (χ0v) is 19.3. The quantitative estimate of drug-likeness (QED) is 0.280. The first-order valence-electron chi connectivity index (χ1n) is 11.1. The summed E-state index contributed by atoms with van der Waals surface area (Å²) in [5.41, 5.74) is 7.84. The van der Waals surface area contributed by atoms with Gasteiger partial charge in [0.15, 0.2) is 11.6 Å². The van der Waals surface area contributed by atoms with Crippen LogP contribution in [0.25, 0.3) is 22.3 Å². The number of nitrogens with two attached hydrogens (primary N) is 1. The van der Waals surface area contributed by atoms with Crippen LogP contribution in [0.1, 0.15) is 10.4 Å². The number of benzene rings is 4. The Hall–Kier alpha value is -4.79. The second-order valence-corrected chi connectivity index (χ2v) is 7.90. The average Bonchev–Trinajstić information content (AvgIpc) is 2.89. The van der Waals surface area contributed by atoms with Crippen LogP contribution in [0.2, 0.25) is 0 Å². The molecule has 0 atom stereocenters. The lowest BCUT2D eigenvalue weighted by atomic mass is 10.0. The van der Waals surface area contributed by atoms with Crippen molar-refractivity contribution in [3.05, 3.63) is 108 Å². The number of amides is 2. The van der Waals surface area contributed by atoms with E-state index in [-0.39, 0.29) is 13.2 Å². The third-order valence-corrected chi connectivity index (χ3v) is 5.36. The number of ether oxygens (including phenoxy) is 2. The molecule has 9 heteroatoms. The summed E-state index contributed by atoms with van der Waals surface area (Å²) in [7, 11) is 0. The van der Waals surface area contributed by atoms with E-state index in [4.69, 9.17) is 10.5 Å². The molecule has 0 aromatic heterocycles. The van der Waals surface area contributed by atoms with Crippen LogP contribution in [0.5, 0.6) is 5.75 Å². The van der Waals surface area contributed by atoms with Gasteiger partial charge in [0.1, 0.15) is 24.8 Å². The largest absolute Gasteiger partial charge is 0.489 e. The van der Waals surface area contributed by atoms with Gasteiger partial charge in [0.05, 0.1) is 0 Å². The molecule has 0 bridgehead atoms. The summed E-state index contributed by atoms with van der Waals surface area (Å²) in [5, 5.41) is 2.79. The maximum Gasteiger partial charge on any atom is 0.404 e.